The normalized spacial score (nSPS) is 22.5. The molecule has 5 rings (SSSR count). The first-order chi connectivity index (χ1) is 16.0. The van der Waals surface area contributed by atoms with E-state index in [9.17, 15) is 4.79 Å². The van der Waals surface area contributed by atoms with E-state index in [0.29, 0.717) is 11.7 Å². The Kier molecular flexibility index (Phi) is 6.37. The molecule has 0 bridgehead atoms. The summed E-state index contributed by atoms with van der Waals surface area (Å²) in [5.74, 6) is 1.37. The van der Waals surface area contributed by atoms with E-state index in [4.69, 9.17) is 0 Å². The van der Waals surface area contributed by atoms with Crippen LogP contribution in [0.3, 0.4) is 0 Å². The Labute approximate surface area is 195 Å². The highest BCUT2D eigenvalue weighted by Gasteiger charge is 2.28. The van der Waals surface area contributed by atoms with E-state index >= 15 is 0 Å². The van der Waals surface area contributed by atoms with Crippen LogP contribution < -0.4 is 5.32 Å². The van der Waals surface area contributed by atoms with Gasteiger partial charge in [0.25, 0.3) is 0 Å². The summed E-state index contributed by atoms with van der Waals surface area (Å²) in [5.41, 5.74) is 2.93. The number of carbonyl (C=O) groups is 1. The zero-order valence-electron chi connectivity index (χ0n) is 19.6. The maximum absolute atomic E-state index is 12.9. The van der Waals surface area contributed by atoms with Crippen LogP contribution in [0.15, 0.2) is 36.7 Å². The first-order valence-electron chi connectivity index (χ1n) is 12.0. The molecular weight excluding hydrogens is 414 g/mol. The number of nitrogens with one attached hydrogen (secondary N) is 1. The van der Waals surface area contributed by atoms with Crippen molar-refractivity contribution in [3.05, 3.63) is 36.7 Å². The highest BCUT2D eigenvalue weighted by atomic mass is 16.1. The number of fused-ring (bicyclic) bond motifs is 1. The van der Waals surface area contributed by atoms with Crippen molar-refractivity contribution in [1.82, 2.24) is 29.8 Å². The van der Waals surface area contributed by atoms with Crippen LogP contribution in [0, 0.1) is 11.8 Å². The van der Waals surface area contributed by atoms with Crippen LogP contribution in [-0.4, -0.2) is 75.5 Å². The van der Waals surface area contributed by atoms with E-state index in [2.05, 4.69) is 43.5 Å². The molecule has 0 unspecified atom stereocenters. The summed E-state index contributed by atoms with van der Waals surface area (Å²) in [6.07, 6.45) is 7.99. The average molecular weight is 448 g/mol. The highest BCUT2D eigenvalue weighted by molar-refractivity contribution is 5.94. The molecule has 1 aliphatic carbocycles. The number of piperazine rings is 1. The molecule has 1 saturated heterocycles. The molecule has 2 fully saturated rings. The van der Waals surface area contributed by atoms with Crippen molar-refractivity contribution >= 4 is 22.6 Å². The van der Waals surface area contributed by atoms with Gasteiger partial charge >= 0.3 is 0 Å². The largest absolute Gasteiger partial charge is 0.309 e. The van der Waals surface area contributed by atoms with E-state index < -0.39 is 0 Å². The lowest BCUT2D eigenvalue weighted by molar-refractivity contribution is -0.121. The molecular formula is C25H33N7O. The van der Waals surface area contributed by atoms with Gasteiger partial charge in [0, 0.05) is 62.8 Å². The van der Waals surface area contributed by atoms with Crippen molar-refractivity contribution in [3.8, 4) is 11.1 Å². The topological polar surface area (TPSA) is 79.2 Å². The summed E-state index contributed by atoms with van der Waals surface area (Å²) in [7, 11) is 4.10. The number of aryl methyl sites for hydroxylation is 1. The fourth-order valence-electron chi connectivity index (χ4n) is 5.09. The lowest BCUT2D eigenvalue weighted by Crippen LogP contribution is -2.46. The van der Waals surface area contributed by atoms with Gasteiger partial charge in [0.15, 0.2) is 5.82 Å². The minimum Gasteiger partial charge on any atom is -0.309 e. The number of anilines is 1. The molecule has 0 radical (unpaired) electrons. The molecule has 174 valence electrons. The minimum absolute atomic E-state index is 0.0629. The van der Waals surface area contributed by atoms with Crippen molar-refractivity contribution < 1.29 is 4.79 Å². The Morgan fingerprint density at radius 1 is 1.00 bits per heavy atom. The number of amides is 1. The van der Waals surface area contributed by atoms with E-state index in [1.165, 1.54) is 19.6 Å². The van der Waals surface area contributed by atoms with Crippen molar-refractivity contribution in [2.45, 2.75) is 25.7 Å². The third-order valence-corrected chi connectivity index (χ3v) is 7.20. The average Bonchev–Trinajstić information content (AvgIpc) is 3.27. The predicted molar refractivity (Wildman–Crippen MR) is 130 cm³/mol. The number of likely N-dealkylation sites (N-methyl/N-ethyl adjacent to an activating group) is 1. The lowest BCUT2D eigenvalue weighted by Gasteiger charge is -2.36. The van der Waals surface area contributed by atoms with Gasteiger partial charge in [0.05, 0.1) is 11.7 Å². The van der Waals surface area contributed by atoms with Gasteiger partial charge in [0.1, 0.15) is 0 Å². The number of nitrogens with zero attached hydrogens (tertiary/aromatic N) is 6. The molecule has 8 heteroatoms. The second-order valence-electron chi connectivity index (χ2n) is 9.72. The zero-order valence-corrected chi connectivity index (χ0v) is 19.6. The van der Waals surface area contributed by atoms with Crippen molar-refractivity contribution in [2.75, 3.05) is 45.1 Å². The van der Waals surface area contributed by atoms with Gasteiger partial charge in [-0.2, -0.15) is 5.10 Å². The summed E-state index contributed by atoms with van der Waals surface area (Å²) in [6.45, 7) is 5.83. The summed E-state index contributed by atoms with van der Waals surface area (Å²) >= 11 is 0. The van der Waals surface area contributed by atoms with Crippen LogP contribution >= 0.6 is 0 Å². The Morgan fingerprint density at radius 3 is 2.52 bits per heavy atom. The van der Waals surface area contributed by atoms with E-state index in [1.807, 2.05) is 37.6 Å². The van der Waals surface area contributed by atoms with Crippen LogP contribution in [0.2, 0.25) is 0 Å². The van der Waals surface area contributed by atoms with Crippen LogP contribution in [0.1, 0.15) is 25.7 Å². The van der Waals surface area contributed by atoms with Crippen LogP contribution in [0.4, 0.5) is 5.82 Å². The quantitative estimate of drug-likeness (QED) is 0.648. The van der Waals surface area contributed by atoms with Gasteiger partial charge in [-0.1, -0.05) is 6.07 Å². The Bertz CT molecular complexity index is 1110. The maximum Gasteiger partial charge on any atom is 0.228 e. The lowest BCUT2D eigenvalue weighted by atomic mass is 9.81. The number of benzene rings is 1. The first kappa shape index (κ1) is 22.0. The molecule has 1 saturated carbocycles. The van der Waals surface area contributed by atoms with Crippen LogP contribution in [0.5, 0.6) is 0 Å². The minimum atomic E-state index is 0.0629. The second kappa shape index (κ2) is 9.57. The molecule has 1 N–H and O–H groups in total. The monoisotopic (exact) mass is 447 g/mol. The fraction of sp³-hybridized carbons (Fsp3) is 0.520. The summed E-state index contributed by atoms with van der Waals surface area (Å²) in [4.78, 5) is 17.9. The van der Waals surface area contributed by atoms with Gasteiger partial charge in [0.2, 0.25) is 5.91 Å². The number of hydrogen-bond donors (Lipinski definition) is 1. The molecule has 3 heterocycles. The predicted octanol–water partition coefficient (Wildman–Crippen LogP) is 3.02. The molecule has 0 atom stereocenters. The van der Waals surface area contributed by atoms with Crippen LogP contribution in [0.25, 0.3) is 22.0 Å². The number of rotatable bonds is 5. The number of carbonyl (C=O) groups excluding carboxylic acids is 1. The molecule has 2 aromatic heterocycles. The van der Waals surface area contributed by atoms with Crippen molar-refractivity contribution in [1.29, 1.82) is 0 Å². The SMILES string of the molecule is CN1CCN(C[C@H]2CC[C@H](C(=O)Nc3cc4cc(-c5cnn(C)c5)ccc4nn3)CC2)CC1. The van der Waals surface area contributed by atoms with Crippen molar-refractivity contribution in [2.24, 2.45) is 18.9 Å². The molecule has 0 spiro atoms. The molecule has 1 aromatic carbocycles. The van der Waals surface area contributed by atoms with E-state index in [1.54, 1.807) is 4.68 Å². The van der Waals surface area contributed by atoms with Gasteiger partial charge in [-0.15, -0.1) is 10.2 Å². The molecule has 1 amide bonds. The standard InChI is InChI=1S/C25H33N7O/c1-30-9-11-32(12-10-30)16-18-3-5-19(6-4-18)25(33)27-24-14-21-13-20(7-8-23(21)28-29-24)22-15-26-31(2)17-22/h7-8,13-15,17-19H,3-6,9-12,16H2,1-2H3,(H,27,29,33)/t18-,19-. The third kappa shape index (κ3) is 5.23. The Morgan fingerprint density at radius 2 is 1.79 bits per heavy atom. The van der Waals surface area contributed by atoms with Gasteiger partial charge < -0.3 is 15.1 Å². The van der Waals surface area contributed by atoms with E-state index in [-0.39, 0.29) is 11.8 Å². The summed E-state index contributed by atoms with van der Waals surface area (Å²) < 4.78 is 1.79. The van der Waals surface area contributed by atoms with Gasteiger partial charge in [-0.25, -0.2) is 0 Å². The van der Waals surface area contributed by atoms with Crippen molar-refractivity contribution in [3.63, 3.8) is 0 Å². The fourth-order valence-corrected chi connectivity index (χ4v) is 5.09. The molecule has 1 aliphatic heterocycles. The molecule has 3 aromatic rings. The van der Waals surface area contributed by atoms with E-state index in [0.717, 1.165) is 60.8 Å². The third-order valence-electron chi connectivity index (χ3n) is 7.20. The smallest absolute Gasteiger partial charge is 0.228 e. The highest BCUT2D eigenvalue weighted by Crippen LogP contribution is 2.31. The molecule has 2 aliphatic rings. The Hall–Kier alpha value is -2.84. The molecule has 33 heavy (non-hydrogen) atoms. The summed E-state index contributed by atoms with van der Waals surface area (Å²) in [6, 6.07) is 7.96. The van der Waals surface area contributed by atoms with Crippen LogP contribution in [-0.2, 0) is 11.8 Å². The number of aromatic nitrogens is 4. The number of hydrogen-bond acceptors (Lipinski definition) is 6. The van der Waals surface area contributed by atoms with Gasteiger partial charge in [-0.05, 0) is 62.4 Å². The second-order valence-corrected chi connectivity index (χ2v) is 9.72. The zero-order chi connectivity index (χ0) is 22.8. The molecule has 8 nitrogen and oxygen atoms in total. The summed E-state index contributed by atoms with van der Waals surface area (Å²) in [5, 5.41) is 16.8. The Balaban J connectivity index is 1.18. The first-order valence-corrected chi connectivity index (χ1v) is 12.0. The maximum atomic E-state index is 12.9. The van der Waals surface area contributed by atoms with Gasteiger partial charge in [-0.3, -0.25) is 9.48 Å².